The third kappa shape index (κ3) is 6.32. The van der Waals surface area contributed by atoms with Crippen molar-refractivity contribution < 1.29 is 28.7 Å². The molecule has 28 heavy (non-hydrogen) atoms. The van der Waals surface area contributed by atoms with Crippen LogP contribution in [0, 0.1) is 10.1 Å². The van der Waals surface area contributed by atoms with E-state index < -0.39 is 23.3 Å². The zero-order valence-corrected chi connectivity index (χ0v) is 15.4. The first-order valence-electron chi connectivity index (χ1n) is 7.80. The van der Waals surface area contributed by atoms with E-state index in [4.69, 9.17) is 25.8 Å². The number of hydrogen-bond donors (Lipinski definition) is 2. The molecule has 2 aromatic carbocycles. The monoisotopic (exact) mass is 409 g/mol. The number of methoxy groups -OCH3 is 1. The maximum atomic E-state index is 11.7. The summed E-state index contributed by atoms with van der Waals surface area (Å²) < 4.78 is 15.2. The number of ether oxygens (including phenoxy) is 3. The second-order valence-electron chi connectivity index (χ2n) is 5.22. The number of nitrogens with zero attached hydrogens (tertiary/aromatic N) is 1. The average molecular weight is 410 g/mol. The molecule has 0 saturated heterocycles. The lowest BCUT2D eigenvalue weighted by atomic mass is 10.3. The quantitative estimate of drug-likeness (QED) is 0.502. The number of carbonyl (C=O) groups is 2. The predicted octanol–water partition coefficient (Wildman–Crippen LogP) is 1.86. The van der Waals surface area contributed by atoms with E-state index in [9.17, 15) is 19.7 Å². The van der Waals surface area contributed by atoms with Crippen molar-refractivity contribution in [2.24, 2.45) is 0 Å². The number of hydrogen-bond acceptors (Lipinski definition) is 7. The summed E-state index contributed by atoms with van der Waals surface area (Å²) in [4.78, 5) is 33.8. The molecule has 0 saturated carbocycles. The van der Waals surface area contributed by atoms with E-state index in [0.29, 0.717) is 10.8 Å². The van der Waals surface area contributed by atoms with Gasteiger partial charge in [-0.25, -0.2) is 0 Å². The Balaban J connectivity index is 1.77. The molecule has 0 aliphatic rings. The standard InChI is InChI=1S/C17H16ClN3O7/c1-26-13-6-7-15(14(8-13)21(24)25)28-10-17(23)20-19-16(22)9-27-12-4-2-11(18)3-5-12/h2-8H,9-10H2,1H3,(H,19,22)(H,20,23). The van der Waals surface area contributed by atoms with E-state index in [1.165, 1.54) is 25.3 Å². The third-order valence-electron chi connectivity index (χ3n) is 3.25. The molecule has 0 unspecified atom stereocenters. The van der Waals surface area contributed by atoms with Crippen LogP contribution < -0.4 is 25.1 Å². The highest BCUT2D eigenvalue weighted by molar-refractivity contribution is 6.30. The number of nitro groups is 1. The van der Waals surface area contributed by atoms with Crippen LogP contribution in [0.4, 0.5) is 5.69 Å². The Morgan fingerprint density at radius 2 is 1.57 bits per heavy atom. The first-order chi connectivity index (χ1) is 13.4. The molecule has 11 heteroatoms. The largest absolute Gasteiger partial charge is 0.496 e. The van der Waals surface area contributed by atoms with E-state index in [-0.39, 0.29) is 23.8 Å². The second kappa shape index (κ2) is 9.97. The van der Waals surface area contributed by atoms with Crippen molar-refractivity contribution in [3.05, 3.63) is 57.6 Å². The molecule has 2 rings (SSSR count). The Labute approximate surface area is 164 Å². The molecule has 0 fully saturated rings. The molecule has 0 aliphatic carbocycles. The van der Waals surface area contributed by atoms with Gasteiger partial charge in [-0.1, -0.05) is 11.6 Å². The van der Waals surface area contributed by atoms with Gasteiger partial charge in [0.15, 0.2) is 19.0 Å². The van der Waals surface area contributed by atoms with Gasteiger partial charge in [-0.15, -0.1) is 0 Å². The van der Waals surface area contributed by atoms with Gasteiger partial charge in [0.2, 0.25) is 0 Å². The SMILES string of the molecule is COc1ccc(OCC(=O)NNC(=O)COc2ccc(Cl)cc2)c([N+](=O)[O-])c1. The van der Waals surface area contributed by atoms with Gasteiger partial charge in [-0.05, 0) is 36.4 Å². The number of hydrazine groups is 1. The fourth-order valence-corrected chi connectivity index (χ4v) is 2.05. The number of nitrogens with one attached hydrogen (secondary N) is 2. The summed E-state index contributed by atoms with van der Waals surface area (Å²) in [6.07, 6.45) is 0. The van der Waals surface area contributed by atoms with E-state index >= 15 is 0 Å². The minimum Gasteiger partial charge on any atom is -0.496 e. The molecular weight excluding hydrogens is 394 g/mol. The van der Waals surface area contributed by atoms with Gasteiger partial charge in [0.05, 0.1) is 18.1 Å². The normalized spacial score (nSPS) is 9.93. The van der Waals surface area contributed by atoms with Crippen LogP contribution in [0.1, 0.15) is 0 Å². The maximum absolute atomic E-state index is 11.7. The van der Waals surface area contributed by atoms with Crippen molar-refractivity contribution in [2.45, 2.75) is 0 Å². The zero-order valence-electron chi connectivity index (χ0n) is 14.6. The number of halogens is 1. The van der Waals surface area contributed by atoms with Crippen LogP contribution in [0.15, 0.2) is 42.5 Å². The molecule has 0 aromatic heterocycles. The predicted molar refractivity (Wildman–Crippen MR) is 98.4 cm³/mol. The van der Waals surface area contributed by atoms with Crippen LogP contribution in [-0.4, -0.2) is 37.1 Å². The van der Waals surface area contributed by atoms with Crippen LogP contribution >= 0.6 is 11.6 Å². The summed E-state index contributed by atoms with van der Waals surface area (Å²) in [5.41, 5.74) is 3.89. The van der Waals surface area contributed by atoms with Gasteiger partial charge in [0, 0.05) is 5.02 Å². The molecule has 0 spiro atoms. The van der Waals surface area contributed by atoms with Gasteiger partial charge in [-0.2, -0.15) is 0 Å². The minimum atomic E-state index is -0.718. The molecule has 0 radical (unpaired) electrons. The summed E-state index contributed by atoms with van der Waals surface area (Å²) in [5.74, 6) is -0.737. The van der Waals surface area contributed by atoms with E-state index in [0.717, 1.165) is 0 Å². The van der Waals surface area contributed by atoms with Gasteiger partial charge in [-0.3, -0.25) is 30.6 Å². The van der Waals surface area contributed by atoms with Gasteiger partial charge in [0.1, 0.15) is 11.5 Å². The van der Waals surface area contributed by atoms with Crippen molar-refractivity contribution in [3.63, 3.8) is 0 Å². The van der Waals surface area contributed by atoms with Gasteiger partial charge >= 0.3 is 5.69 Å². The first-order valence-corrected chi connectivity index (χ1v) is 8.18. The molecule has 148 valence electrons. The number of amides is 2. The molecule has 0 heterocycles. The Morgan fingerprint density at radius 3 is 2.14 bits per heavy atom. The Kier molecular flexibility index (Phi) is 7.40. The highest BCUT2D eigenvalue weighted by atomic mass is 35.5. The van der Waals surface area contributed by atoms with Crippen molar-refractivity contribution in [2.75, 3.05) is 20.3 Å². The summed E-state index contributed by atoms with van der Waals surface area (Å²) >= 11 is 5.74. The van der Waals surface area contributed by atoms with Crippen molar-refractivity contribution >= 4 is 29.1 Å². The van der Waals surface area contributed by atoms with Crippen LogP contribution in [-0.2, 0) is 9.59 Å². The van der Waals surface area contributed by atoms with Gasteiger partial charge < -0.3 is 14.2 Å². The number of rotatable bonds is 8. The lowest BCUT2D eigenvalue weighted by Gasteiger charge is -2.10. The number of nitro benzene ring substituents is 1. The summed E-state index contributed by atoms with van der Waals surface area (Å²) in [6.45, 7) is -0.891. The molecule has 2 N–H and O–H groups in total. The highest BCUT2D eigenvalue weighted by Crippen LogP contribution is 2.30. The minimum absolute atomic E-state index is 0.113. The molecular formula is C17H16ClN3O7. The fraction of sp³-hybridized carbons (Fsp3) is 0.176. The topological polar surface area (TPSA) is 129 Å². The lowest BCUT2D eigenvalue weighted by molar-refractivity contribution is -0.385. The van der Waals surface area contributed by atoms with Crippen LogP contribution in [0.5, 0.6) is 17.2 Å². The third-order valence-corrected chi connectivity index (χ3v) is 3.50. The number of benzene rings is 2. The Hall–Kier alpha value is -3.53. The molecule has 0 bridgehead atoms. The molecule has 2 aromatic rings. The Bertz CT molecular complexity index is 858. The van der Waals surface area contributed by atoms with Crippen molar-refractivity contribution in [1.82, 2.24) is 10.9 Å². The summed E-state index contributed by atoms with van der Waals surface area (Å²) in [6, 6.07) is 10.3. The van der Waals surface area contributed by atoms with Crippen LogP contribution in [0.25, 0.3) is 0 Å². The molecule has 2 amide bonds. The summed E-state index contributed by atoms with van der Waals surface area (Å²) in [7, 11) is 1.37. The van der Waals surface area contributed by atoms with Crippen LogP contribution in [0.2, 0.25) is 5.02 Å². The van der Waals surface area contributed by atoms with Crippen LogP contribution in [0.3, 0.4) is 0 Å². The summed E-state index contributed by atoms with van der Waals surface area (Å²) in [5, 5.41) is 11.6. The second-order valence-corrected chi connectivity index (χ2v) is 5.65. The van der Waals surface area contributed by atoms with E-state index in [2.05, 4.69) is 10.9 Å². The average Bonchev–Trinajstić information content (AvgIpc) is 2.70. The highest BCUT2D eigenvalue weighted by Gasteiger charge is 2.17. The Morgan fingerprint density at radius 1 is 1.00 bits per heavy atom. The van der Waals surface area contributed by atoms with Crippen molar-refractivity contribution in [1.29, 1.82) is 0 Å². The first kappa shape index (κ1) is 20.8. The van der Waals surface area contributed by atoms with E-state index in [1.54, 1.807) is 24.3 Å². The molecule has 10 nitrogen and oxygen atoms in total. The fourth-order valence-electron chi connectivity index (χ4n) is 1.92. The van der Waals surface area contributed by atoms with Gasteiger partial charge in [0.25, 0.3) is 11.8 Å². The lowest BCUT2D eigenvalue weighted by Crippen LogP contribution is -2.45. The number of carbonyl (C=O) groups excluding carboxylic acids is 2. The van der Waals surface area contributed by atoms with Crippen molar-refractivity contribution in [3.8, 4) is 17.2 Å². The maximum Gasteiger partial charge on any atom is 0.314 e. The zero-order chi connectivity index (χ0) is 20.5. The molecule has 0 aliphatic heterocycles. The smallest absolute Gasteiger partial charge is 0.314 e. The van der Waals surface area contributed by atoms with E-state index in [1.807, 2.05) is 0 Å². The molecule has 0 atom stereocenters.